The number of non-ortho nitro benzene ring substituents is 1. The summed E-state index contributed by atoms with van der Waals surface area (Å²) in [5.41, 5.74) is 2.98. The van der Waals surface area contributed by atoms with Crippen LogP contribution in [0.4, 0.5) is 17.1 Å². The molecule has 10 nitrogen and oxygen atoms in total. The summed E-state index contributed by atoms with van der Waals surface area (Å²) in [7, 11) is -2.81. The Morgan fingerprint density at radius 1 is 1.12 bits per heavy atom. The van der Waals surface area contributed by atoms with E-state index in [4.69, 9.17) is 16.3 Å². The molecule has 0 saturated heterocycles. The summed E-state index contributed by atoms with van der Waals surface area (Å²) < 4.78 is 33.2. The van der Waals surface area contributed by atoms with Gasteiger partial charge >= 0.3 is 0 Å². The van der Waals surface area contributed by atoms with Crippen LogP contribution >= 0.6 is 11.6 Å². The number of hydrogen-bond donors (Lipinski definition) is 3. The van der Waals surface area contributed by atoms with Crippen molar-refractivity contribution in [2.24, 2.45) is 5.10 Å². The van der Waals surface area contributed by atoms with Gasteiger partial charge in [-0.15, -0.1) is 0 Å². The molecule has 32 heavy (non-hydrogen) atoms. The zero-order valence-electron chi connectivity index (χ0n) is 16.5. The fraction of sp³-hybridized carbons (Fsp3) is 0.0500. The number of ether oxygens (including phenoxy) is 1. The fourth-order valence-electron chi connectivity index (χ4n) is 2.62. The maximum atomic E-state index is 12.9. The quantitative estimate of drug-likeness (QED) is 0.251. The predicted octanol–water partition coefficient (Wildman–Crippen LogP) is 4.21. The van der Waals surface area contributed by atoms with Crippen molar-refractivity contribution >= 4 is 44.9 Å². The average Bonchev–Trinajstić information content (AvgIpc) is 2.76. The monoisotopic (exact) mass is 476 g/mol. The summed E-state index contributed by atoms with van der Waals surface area (Å²) in [6.07, 6.45) is 1.37. The van der Waals surface area contributed by atoms with Crippen molar-refractivity contribution in [2.45, 2.75) is 4.90 Å². The first-order valence-electron chi connectivity index (χ1n) is 8.92. The number of nitrogens with zero attached hydrogens (tertiary/aromatic N) is 2. The highest BCUT2D eigenvalue weighted by Crippen LogP contribution is 2.29. The fourth-order valence-corrected chi connectivity index (χ4v) is 3.98. The minimum Gasteiger partial charge on any atom is -0.504 e. The van der Waals surface area contributed by atoms with E-state index in [0.29, 0.717) is 10.6 Å². The lowest BCUT2D eigenvalue weighted by Crippen LogP contribution is -2.15. The number of nitrogens with one attached hydrogen (secondary N) is 2. The molecule has 0 aromatic heterocycles. The summed E-state index contributed by atoms with van der Waals surface area (Å²) in [5, 5.41) is 25.2. The minimum atomic E-state index is -4.21. The number of hydrazone groups is 1. The second kappa shape index (κ2) is 9.54. The molecule has 0 radical (unpaired) electrons. The maximum Gasteiger partial charge on any atom is 0.270 e. The molecule has 0 unspecified atom stereocenters. The molecule has 3 N–H and O–H groups in total. The summed E-state index contributed by atoms with van der Waals surface area (Å²) in [5.74, 6) is 0.189. The number of hydrogen-bond acceptors (Lipinski definition) is 8. The number of sulfonamides is 1. The van der Waals surface area contributed by atoms with Gasteiger partial charge in [0.2, 0.25) is 0 Å². The third-order valence-corrected chi connectivity index (χ3v) is 5.84. The van der Waals surface area contributed by atoms with Gasteiger partial charge in [0.15, 0.2) is 11.5 Å². The number of nitro groups is 1. The van der Waals surface area contributed by atoms with E-state index in [2.05, 4.69) is 15.2 Å². The summed E-state index contributed by atoms with van der Waals surface area (Å²) in [6, 6.07) is 13.8. The van der Waals surface area contributed by atoms with Gasteiger partial charge in [0, 0.05) is 22.8 Å². The summed E-state index contributed by atoms with van der Waals surface area (Å²) in [6.45, 7) is 0. The Kier molecular flexibility index (Phi) is 6.81. The van der Waals surface area contributed by atoms with Gasteiger partial charge in [0.1, 0.15) is 4.90 Å². The molecule has 3 aromatic carbocycles. The van der Waals surface area contributed by atoms with Crippen LogP contribution in [-0.4, -0.2) is 31.8 Å². The van der Waals surface area contributed by atoms with Gasteiger partial charge in [-0.3, -0.25) is 20.3 Å². The van der Waals surface area contributed by atoms with Crippen molar-refractivity contribution in [3.63, 3.8) is 0 Å². The molecular weight excluding hydrogens is 460 g/mol. The Labute approximate surface area is 188 Å². The Balaban J connectivity index is 1.92. The molecule has 0 heterocycles. The first-order chi connectivity index (χ1) is 15.2. The highest BCUT2D eigenvalue weighted by Gasteiger charge is 2.22. The van der Waals surface area contributed by atoms with E-state index >= 15 is 0 Å². The van der Waals surface area contributed by atoms with Crippen LogP contribution in [0.5, 0.6) is 11.5 Å². The lowest BCUT2D eigenvalue weighted by molar-refractivity contribution is -0.385. The number of benzene rings is 3. The van der Waals surface area contributed by atoms with Crippen molar-refractivity contribution < 1.29 is 23.2 Å². The van der Waals surface area contributed by atoms with E-state index in [1.807, 2.05) is 0 Å². The molecule has 0 atom stereocenters. The van der Waals surface area contributed by atoms with E-state index < -0.39 is 20.6 Å². The third-order valence-electron chi connectivity index (χ3n) is 4.16. The van der Waals surface area contributed by atoms with E-state index in [1.165, 1.54) is 55.8 Å². The standard InChI is InChI=1S/C20H17ClN4O6S/c1-31-19-10-13(2-9-18(19)26)12-22-23-17-8-7-16(25(27)28)11-20(17)32(29,30)24-15-5-3-14(21)4-6-15/h2-12,23-24,26H,1H3. The lowest BCUT2D eigenvalue weighted by Gasteiger charge is -2.12. The normalized spacial score (nSPS) is 11.3. The number of phenols is 1. The zero-order valence-corrected chi connectivity index (χ0v) is 18.1. The Bertz CT molecular complexity index is 1280. The lowest BCUT2D eigenvalue weighted by atomic mass is 10.2. The van der Waals surface area contributed by atoms with E-state index in [9.17, 15) is 23.6 Å². The SMILES string of the molecule is COc1cc(C=NNc2ccc([N+](=O)[O-])cc2S(=O)(=O)Nc2ccc(Cl)cc2)ccc1O. The van der Waals surface area contributed by atoms with Crippen molar-refractivity contribution in [1.29, 1.82) is 0 Å². The second-order valence-electron chi connectivity index (χ2n) is 6.35. The smallest absolute Gasteiger partial charge is 0.270 e. The first-order valence-corrected chi connectivity index (χ1v) is 10.8. The van der Waals surface area contributed by atoms with Crippen LogP contribution in [0.15, 0.2) is 70.7 Å². The molecule has 0 amide bonds. The number of phenolic OH excluding ortho intramolecular Hbond substituents is 1. The molecule has 0 aliphatic heterocycles. The van der Waals surface area contributed by atoms with Gasteiger partial charge in [-0.05, 0) is 54.1 Å². The number of nitro benzene ring substituents is 1. The third kappa shape index (κ3) is 5.45. The highest BCUT2D eigenvalue weighted by atomic mass is 35.5. The summed E-state index contributed by atoms with van der Waals surface area (Å²) in [4.78, 5) is 10.1. The largest absolute Gasteiger partial charge is 0.504 e. The summed E-state index contributed by atoms with van der Waals surface area (Å²) >= 11 is 5.82. The van der Waals surface area contributed by atoms with Crippen LogP contribution in [-0.2, 0) is 10.0 Å². The Morgan fingerprint density at radius 3 is 2.50 bits per heavy atom. The van der Waals surface area contributed by atoms with E-state index in [1.54, 1.807) is 6.07 Å². The maximum absolute atomic E-state index is 12.9. The Morgan fingerprint density at radius 2 is 1.84 bits per heavy atom. The van der Waals surface area contributed by atoms with Crippen LogP contribution in [0.25, 0.3) is 0 Å². The molecule has 166 valence electrons. The number of methoxy groups -OCH3 is 1. The van der Waals surface area contributed by atoms with Crippen LogP contribution < -0.4 is 14.9 Å². The van der Waals surface area contributed by atoms with Crippen LogP contribution in [0.1, 0.15) is 5.56 Å². The predicted molar refractivity (Wildman–Crippen MR) is 121 cm³/mol. The number of rotatable bonds is 8. The van der Waals surface area contributed by atoms with Gasteiger partial charge in [0.05, 0.1) is 23.9 Å². The van der Waals surface area contributed by atoms with Crippen molar-refractivity contribution in [1.82, 2.24) is 0 Å². The number of anilines is 2. The average molecular weight is 477 g/mol. The highest BCUT2D eigenvalue weighted by molar-refractivity contribution is 7.92. The van der Waals surface area contributed by atoms with Crippen LogP contribution in [0.2, 0.25) is 5.02 Å². The second-order valence-corrected chi connectivity index (χ2v) is 8.44. The number of halogens is 1. The molecule has 0 bridgehead atoms. The molecule has 3 rings (SSSR count). The van der Waals surface area contributed by atoms with Crippen LogP contribution in [0, 0.1) is 10.1 Å². The molecule has 0 aliphatic carbocycles. The molecule has 0 saturated carbocycles. The van der Waals surface area contributed by atoms with Gasteiger partial charge in [0.25, 0.3) is 15.7 Å². The first kappa shape index (κ1) is 22.8. The van der Waals surface area contributed by atoms with Gasteiger partial charge in [-0.25, -0.2) is 8.42 Å². The Hall–Kier alpha value is -3.83. The molecule has 0 aliphatic rings. The minimum absolute atomic E-state index is 0.0130. The topological polar surface area (TPSA) is 143 Å². The van der Waals surface area contributed by atoms with Crippen molar-refractivity contribution in [2.75, 3.05) is 17.3 Å². The van der Waals surface area contributed by atoms with Gasteiger partial charge < -0.3 is 9.84 Å². The van der Waals surface area contributed by atoms with Gasteiger partial charge in [-0.1, -0.05) is 11.6 Å². The van der Waals surface area contributed by atoms with Gasteiger partial charge in [-0.2, -0.15) is 5.10 Å². The molecular formula is C20H17ClN4O6S. The zero-order chi connectivity index (χ0) is 23.3. The molecule has 0 spiro atoms. The number of aromatic hydroxyl groups is 1. The van der Waals surface area contributed by atoms with Crippen molar-refractivity contribution in [3.05, 3.63) is 81.4 Å². The molecule has 0 fully saturated rings. The van der Waals surface area contributed by atoms with E-state index in [0.717, 1.165) is 12.1 Å². The van der Waals surface area contributed by atoms with Crippen molar-refractivity contribution in [3.8, 4) is 11.5 Å². The molecule has 12 heteroatoms. The molecule has 3 aromatic rings. The van der Waals surface area contributed by atoms with Crippen LogP contribution in [0.3, 0.4) is 0 Å². The van der Waals surface area contributed by atoms with E-state index in [-0.39, 0.29) is 27.8 Å².